The maximum Gasteiger partial charge on any atom is 0.0849 e. The number of aromatic nitrogens is 3. The number of hydrogen-bond donors (Lipinski definition) is 1. The number of hydrogen-bond acceptors (Lipinski definition) is 3. The van der Waals surface area contributed by atoms with E-state index in [4.69, 9.17) is 5.11 Å². The molecule has 13 heavy (non-hydrogen) atoms. The first-order valence-corrected chi connectivity index (χ1v) is 4.72. The van der Waals surface area contributed by atoms with Crippen molar-refractivity contribution in [3.05, 3.63) is 11.9 Å². The van der Waals surface area contributed by atoms with Crippen LogP contribution in [0, 0.1) is 5.92 Å². The van der Waals surface area contributed by atoms with E-state index in [1.54, 1.807) is 0 Å². The standard InChI is InChI=1S/C9H17N3O/c1-8(2)3-5-12-7-9(4-6-13)10-11-12/h7-8,13H,3-6H2,1-2H3. The molecule has 0 radical (unpaired) electrons. The smallest absolute Gasteiger partial charge is 0.0849 e. The molecule has 0 unspecified atom stereocenters. The Morgan fingerprint density at radius 2 is 2.31 bits per heavy atom. The fraction of sp³-hybridized carbons (Fsp3) is 0.778. The molecule has 0 bridgehead atoms. The second kappa shape index (κ2) is 4.97. The largest absolute Gasteiger partial charge is 0.396 e. The molecule has 0 amide bonds. The third-order valence-corrected chi connectivity index (χ3v) is 1.89. The molecule has 4 nitrogen and oxygen atoms in total. The highest BCUT2D eigenvalue weighted by Crippen LogP contribution is 2.02. The van der Waals surface area contributed by atoms with Crippen LogP contribution in [-0.4, -0.2) is 26.7 Å². The molecule has 74 valence electrons. The number of rotatable bonds is 5. The Morgan fingerprint density at radius 1 is 1.54 bits per heavy atom. The van der Waals surface area contributed by atoms with Gasteiger partial charge in [-0.1, -0.05) is 19.1 Å². The molecule has 0 aliphatic rings. The van der Waals surface area contributed by atoms with Crippen LogP contribution >= 0.6 is 0 Å². The molecule has 0 spiro atoms. The molecule has 4 heteroatoms. The van der Waals surface area contributed by atoms with Gasteiger partial charge in [0.15, 0.2) is 0 Å². The summed E-state index contributed by atoms with van der Waals surface area (Å²) in [4.78, 5) is 0. The van der Waals surface area contributed by atoms with Gasteiger partial charge in [-0.05, 0) is 12.3 Å². The van der Waals surface area contributed by atoms with Crippen LogP contribution in [0.25, 0.3) is 0 Å². The van der Waals surface area contributed by atoms with E-state index in [1.807, 2.05) is 10.9 Å². The highest BCUT2D eigenvalue weighted by Gasteiger charge is 2.00. The van der Waals surface area contributed by atoms with E-state index in [1.165, 1.54) is 0 Å². The van der Waals surface area contributed by atoms with Crippen LogP contribution in [0.5, 0.6) is 0 Å². The summed E-state index contributed by atoms with van der Waals surface area (Å²) >= 11 is 0. The lowest BCUT2D eigenvalue weighted by molar-refractivity contribution is 0.298. The number of aryl methyl sites for hydroxylation is 1. The van der Waals surface area contributed by atoms with E-state index in [-0.39, 0.29) is 6.61 Å². The third-order valence-electron chi connectivity index (χ3n) is 1.89. The highest BCUT2D eigenvalue weighted by atomic mass is 16.3. The Hall–Kier alpha value is -0.900. The van der Waals surface area contributed by atoms with E-state index in [0.717, 1.165) is 18.7 Å². The van der Waals surface area contributed by atoms with Crippen LogP contribution in [0.1, 0.15) is 26.0 Å². The maximum absolute atomic E-state index is 8.67. The maximum atomic E-state index is 8.67. The van der Waals surface area contributed by atoms with Crippen LogP contribution in [0.3, 0.4) is 0 Å². The van der Waals surface area contributed by atoms with Crippen molar-refractivity contribution < 1.29 is 5.11 Å². The van der Waals surface area contributed by atoms with Crippen molar-refractivity contribution in [2.75, 3.05) is 6.61 Å². The second-order valence-electron chi connectivity index (χ2n) is 3.63. The summed E-state index contributed by atoms with van der Waals surface area (Å²) in [6, 6.07) is 0. The summed E-state index contributed by atoms with van der Waals surface area (Å²) < 4.78 is 1.84. The van der Waals surface area contributed by atoms with Crippen molar-refractivity contribution in [1.82, 2.24) is 15.0 Å². The third kappa shape index (κ3) is 3.55. The normalized spacial score (nSPS) is 11.1. The molecule has 1 aromatic rings. The van der Waals surface area contributed by atoms with Gasteiger partial charge < -0.3 is 5.11 Å². The molecule has 1 N–H and O–H groups in total. The van der Waals surface area contributed by atoms with Crippen LogP contribution in [0.4, 0.5) is 0 Å². The van der Waals surface area contributed by atoms with Crippen LogP contribution < -0.4 is 0 Å². The molecule has 1 heterocycles. The van der Waals surface area contributed by atoms with Crippen molar-refractivity contribution >= 4 is 0 Å². The lowest BCUT2D eigenvalue weighted by atomic mass is 10.1. The minimum atomic E-state index is 0.142. The van der Waals surface area contributed by atoms with Crippen molar-refractivity contribution in [2.45, 2.75) is 33.2 Å². The molecule has 0 saturated carbocycles. The molecule has 1 rings (SSSR count). The fourth-order valence-corrected chi connectivity index (χ4v) is 1.07. The van der Waals surface area contributed by atoms with Crippen molar-refractivity contribution in [2.24, 2.45) is 5.92 Å². The number of aliphatic hydroxyl groups excluding tert-OH is 1. The highest BCUT2D eigenvalue weighted by molar-refractivity contribution is 4.91. The molecule has 0 atom stereocenters. The minimum absolute atomic E-state index is 0.142. The van der Waals surface area contributed by atoms with Gasteiger partial charge in [-0.3, -0.25) is 4.68 Å². The van der Waals surface area contributed by atoms with Gasteiger partial charge in [0.2, 0.25) is 0 Å². The average molecular weight is 183 g/mol. The summed E-state index contributed by atoms with van der Waals surface area (Å²) in [7, 11) is 0. The average Bonchev–Trinajstić information content (AvgIpc) is 2.50. The zero-order valence-corrected chi connectivity index (χ0v) is 8.27. The van der Waals surface area contributed by atoms with Gasteiger partial charge in [-0.15, -0.1) is 5.10 Å². The second-order valence-corrected chi connectivity index (χ2v) is 3.63. The van der Waals surface area contributed by atoms with Gasteiger partial charge >= 0.3 is 0 Å². The van der Waals surface area contributed by atoms with Crippen LogP contribution in [-0.2, 0) is 13.0 Å². The van der Waals surface area contributed by atoms with E-state index in [9.17, 15) is 0 Å². The Labute approximate surface area is 78.6 Å². The van der Waals surface area contributed by atoms with Crippen LogP contribution in [0.15, 0.2) is 6.20 Å². The number of aliphatic hydroxyl groups is 1. The minimum Gasteiger partial charge on any atom is -0.396 e. The molecular formula is C9H17N3O. The molecule has 0 saturated heterocycles. The van der Waals surface area contributed by atoms with Gasteiger partial charge in [-0.2, -0.15) is 0 Å². The molecule has 0 aliphatic heterocycles. The van der Waals surface area contributed by atoms with Gasteiger partial charge in [0.25, 0.3) is 0 Å². The molecule has 0 aromatic carbocycles. The Kier molecular flexibility index (Phi) is 3.89. The summed E-state index contributed by atoms with van der Waals surface area (Å²) in [5, 5.41) is 16.6. The van der Waals surface area contributed by atoms with Gasteiger partial charge in [0, 0.05) is 25.8 Å². The van der Waals surface area contributed by atoms with Crippen molar-refractivity contribution in [3.8, 4) is 0 Å². The monoisotopic (exact) mass is 183 g/mol. The zero-order chi connectivity index (χ0) is 9.68. The fourth-order valence-electron chi connectivity index (χ4n) is 1.07. The Morgan fingerprint density at radius 3 is 2.92 bits per heavy atom. The first kappa shape index (κ1) is 10.2. The molecular weight excluding hydrogens is 166 g/mol. The van der Waals surface area contributed by atoms with Gasteiger partial charge in [0.05, 0.1) is 5.69 Å². The Bertz CT molecular complexity index is 245. The zero-order valence-electron chi connectivity index (χ0n) is 8.27. The van der Waals surface area contributed by atoms with E-state index >= 15 is 0 Å². The van der Waals surface area contributed by atoms with Gasteiger partial charge in [-0.25, -0.2) is 0 Å². The molecule has 0 fully saturated rings. The quantitative estimate of drug-likeness (QED) is 0.736. The summed E-state index contributed by atoms with van der Waals surface area (Å²) in [5.41, 5.74) is 0.867. The van der Waals surface area contributed by atoms with E-state index in [0.29, 0.717) is 12.3 Å². The van der Waals surface area contributed by atoms with E-state index in [2.05, 4.69) is 24.2 Å². The van der Waals surface area contributed by atoms with Gasteiger partial charge in [0.1, 0.15) is 0 Å². The summed E-state index contributed by atoms with van der Waals surface area (Å²) in [6.07, 6.45) is 3.61. The lowest BCUT2D eigenvalue weighted by Crippen LogP contribution is -2.01. The van der Waals surface area contributed by atoms with Crippen molar-refractivity contribution in [1.29, 1.82) is 0 Å². The first-order valence-electron chi connectivity index (χ1n) is 4.72. The predicted octanol–water partition coefficient (Wildman–Crippen LogP) is 0.859. The van der Waals surface area contributed by atoms with Crippen molar-refractivity contribution in [3.63, 3.8) is 0 Å². The SMILES string of the molecule is CC(C)CCn1cc(CCO)nn1. The van der Waals surface area contributed by atoms with Crippen LogP contribution in [0.2, 0.25) is 0 Å². The van der Waals surface area contributed by atoms with E-state index < -0.39 is 0 Å². The number of nitrogens with zero attached hydrogens (tertiary/aromatic N) is 3. The summed E-state index contributed by atoms with van der Waals surface area (Å²) in [5.74, 6) is 0.686. The first-order chi connectivity index (χ1) is 6.22. The Balaban J connectivity index is 2.39. The summed E-state index contributed by atoms with van der Waals surface area (Å²) in [6.45, 7) is 5.43. The molecule has 0 aliphatic carbocycles. The molecule has 1 aromatic heterocycles. The lowest BCUT2D eigenvalue weighted by Gasteiger charge is -2.02. The topological polar surface area (TPSA) is 50.9 Å². The predicted molar refractivity (Wildman–Crippen MR) is 50.3 cm³/mol.